The zero-order chi connectivity index (χ0) is 15.2. The molecule has 0 atom stereocenters. The van der Waals surface area contributed by atoms with E-state index >= 15 is 0 Å². The first-order chi connectivity index (χ1) is 10.1. The van der Waals surface area contributed by atoms with Gasteiger partial charge < -0.3 is 14.8 Å². The molecule has 21 heavy (non-hydrogen) atoms. The Bertz CT molecular complexity index is 568. The summed E-state index contributed by atoms with van der Waals surface area (Å²) in [5.41, 5.74) is 2.55. The first-order valence-electron chi connectivity index (χ1n) is 7.22. The number of hydrogen-bond donors (Lipinski definition) is 2. The molecular weight excluding hydrogens is 263 g/mol. The normalized spacial score (nSPS) is 10.7. The van der Waals surface area contributed by atoms with Crippen LogP contribution in [0.2, 0.25) is 0 Å². The van der Waals surface area contributed by atoms with E-state index < -0.39 is 7.12 Å². The fraction of sp³-hybridized carbons (Fsp3) is 0.294. The van der Waals surface area contributed by atoms with E-state index in [1.54, 1.807) is 0 Å². The van der Waals surface area contributed by atoms with E-state index in [1.807, 2.05) is 48.5 Å². The van der Waals surface area contributed by atoms with Crippen molar-refractivity contribution in [3.05, 3.63) is 59.7 Å². The van der Waals surface area contributed by atoms with Gasteiger partial charge in [0.15, 0.2) is 0 Å². The summed E-state index contributed by atoms with van der Waals surface area (Å²) >= 11 is 0. The molecule has 0 aliphatic carbocycles. The highest BCUT2D eigenvalue weighted by Crippen LogP contribution is 2.15. The fourth-order valence-electron chi connectivity index (χ4n) is 2.26. The quantitative estimate of drug-likeness (QED) is 0.799. The zero-order valence-corrected chi connectivity index (χ0v) is 12.5. The summed E-state index contributed by atoms with van der Waals surface area (Å²) in [5.74, 6) is 1.03. The maximum atomic E-state index is 9.54. The van der Waals surface area contributed by atoms with Crippen LogP contribution in [0.3, 0.4) is 0 Å². The highest BCUT2D eigenvalue weighted by molar-refractivity contribution is 6.59. The average Bonchev–Trinajstić information content (AvgIpc) is 2.46. The van der Waals surface area contributed by atoms with Crippen LogP contribution < -0.4 is 10.2 Å². The summed E-state index contributed by atoms with van der Waals surface area (Å²) < 4.78 is 5.72. The summed E-state index contributed by atoms with van der Waals surface area (Å²) in [5, 5.41) is 19.1. The largest absolute Gasteiger partial charge is 0.492 e. The Morgan fingerprint density at radius 2 is 1.71 bits per heavy atom. The molecule has 0 radical (unpaired) electrons. The monoisotopic (exact) mass is 284 g/mol. The van der Waals surface area contributed by atoms with Gasteiger partial charge in [0.1, 0.15) is 12.4 Å². The van der Waals surface area contributed by atoms with Crippen molar-refractivity contribution >= 4 is 12.6 Å². The molecule has 0 aliphatic heterocycles. The molecule has 2 rings (SSSR count). The molecule has 0 spiro atoms. The van der Waals surface area contributed by atoms with Gasteiger partial charge in [-0.05, 0) is 29.5 Å². The third-order valence-electron chi connectivity index (χ3n) is 3.23. The second-order valence-corrected chi connectivity index (χ2v) is 5.62. The maximum absolute atomic E-state index is 9.54. The van der Waals surface area contributed by atoms with Crippen LogP contribution in [0.15, 0.2) is 48.5 Å². The van der Waals surface area contributed by atoms with Gasteiger partial charge in [-0.15, -0.1) is 0 Å². The zero-order valence-electron chi connectivity index (χ0n) is 12.5. The van der Waals surface area contributed by atoms with Gasteiger partial charge in [0.05, 0.1) is 0 Å². The van der Waals surface area contributed by atoms with Gasteiger partial charge >= 0.3 is 7.12 Å². The van der Waals surface area contributed by atoms with E-state index in [9.17, 15) is 10.0 Å². The van der Waals surface area contributed by atoms with E-state index in [-0.39, 0.29) is 0 Å². The van der Waals surface area contributed by atoms with Gasteiger partial charge in [-0.3, -0.25) is 0 Å². The molecule has 2 aromatic carbocycles. The van der Waals surface area contributed by atoms with Crippen molar-refractivity contribution in [2.75, 3.05) is 0 Å². The predicted molar refractivity (Wildman–Crippen MR) is 85.6 cm³/mol. The van der Waals surface area contributed by atoms with Crippen LogP contribution >= 0.6 is 0 Å². The Morgan fingerprint density at radius 3 is 2.33 bits per heavy atom. The third kappa shape index (κ3) is 4.62. The molecule has 0 saturated carbocycles. The van der Waals surface area contributed by atoms with Gasteiger partial charge in [-0.1, -0.05) is 56.3 Å². The van der Waals surface area contributed by atoms with Crippen molar-refractivity contribution in [2.45, 2.75) is 26.9 Å². The predicted octanol–water partition coefficient (Wildman–Crippen LogP) is 2.14. The Morgan fingerprint density at radius 1 is 1.00 bits per heavy atom. The third-order valence-corrected chi connectivity index (χ3v) is 3.23. The summed E-state index contributed by atoms with van der Waals surface area (Å²) in [6.45, 7) is 4.67. The van der Waals surface area contributed by atoms with E-state index in [1.165, 1.54) is 0 Å². The lowest BCUT2D eigenvalue weighted by atomic mass is 9.78. The van der Waals surface area contributed by atoms with Crippen LogP contribution in [0.1, 0.15) is 25.0 Å². The summed E-state index contributed by atoms with van der Waals surface area (Å²) in [7, 11) is -1.53. The van der Waals surface area contributed by atoms with Crippen LogP contribution in [0, 0.1) is 5.92 Å². The first-order valence-corrected chi connectivity index (χ1v) is 7.22. The highest BCUT2D eigenvalue weighted by Gasteiger charge is 2.18. The minimum Gasteiger partial charge on any atom is -0.489 e. The maximum Gasteiger partial charge on any atom is 0.492 e. The Balaban J connectivity index is 2.14. The lowest BCUT2D eigenvalue weighted by Crippen LogP contribution is -2.32. The lowest BCUT2D eigenvalue weighted by molar-refractivity contribution is 0.306. The highest BCUT2D eigenvalue weighted by atomic mass is 16.5. The Labute approximate surface area is 126 Å². The van der Waals surface area contributed by atoms with E-state index in [4.69, 9.17) is 4.74 Å². The molecule has 0 aromatic heterocycles. The van der Waals surface area contributed by atoms with Gasteiger partial charge in [-0.25, -0.2) is 0 Å². The molecule has 0 heterocycles. The lowest BCUT2D eigenvalue weighted by Gasteiger charge is -2.14. The molecule has 4 heteroatoms. The summed E-state index contributed by atoms with van der Waals surface area (Å²) in [6, 6.07) is 15.4. The standard InChI is InChI=1S/C17H21BO3/c1-13(2)10-15-8-9-17(16(11-15)18(19)20)21-12-14-6-4-3-5-7-14/h3-9,11,13,19-20H,10,12H2,1-2H3. The minimum absolute atomic E-state index is 0.407. The average molecular weight is 284 g/mol. The molecule has 0 bridgehead atoms. The smallest absolute Gasteiger partial charge is 0.489 e. The number of ether oxygens (including phenoxy) is 1. The number of hydrogen-bond acceptors (Lipinski definition) is 3. The Hall–Kier alpha value is -1.78. The van der Waals surface area contributed by atoms with Crippen molar-refractivity contribution in [1.82, 2.24) is 0 Å². The molecule has 0 unspecified atom stereocenters. The van der Waals surface area contributed by atoms with E-state index in [0.717, 1.165) is 17.5 Å². The molecule has 110 valence electrons. The van der Waals surface area contributed by atoms with Crippen molar-refractivity contribution in [3.63, 3.8) is 0 Å². The molecule has 2 aromatic rings. The topological polar surface area (TPSA) is 49.7 Å². The van der Waals surface area contributed by atoms with Gasteiger partial charge in [0.2, 0.25) is 0 Å². The van der Waals surface area contributed by atoms with E-state index in [0.29, 0.717) is 23.7 Å². The van der Waals surface area contributed by atoms with Crippen molar-refractivity contribution in [1.29, 1.82) is 0 Å². The SMILES string of the molecule is CC(C)Cc1ccc(OCc2ccccc2)c(B(O)O)c1. The van der Waals surface area contributed by atoms with Crippen LogP contribution in [0.5, 0.6) is 5.75 Å². The molecule has 0 saturated heterocycles. The van der Waals surface area contributed by atoms with Crippen LogP contribution in [-0.2, 0) is 13.0 Å². The molecule has 2 N–H and O–H groups in total. The summed E-state index contributed by atoms with van der Waals surface area (Å²) in [4.78, 5) is 0. The second kappa shape index (κ2) is 7.30. The fourth-order valence-corrected chi connectivity index (χ4v) is 2.26. The molecule has 0 amide bonds. The minimum atomic E-state index is -1.53. The van der Waals surface area contributed by atoms with Crippen LogP contribution in [0.4, 0.5) is 0 Å². The molecule has 0 fully saturated rings. The first kappa shape index (κ1) is 15.6. The van der Waals surface area contributed by atoms with Gasteiger partial charge in [0.25, 0.3) is 0 Å². The van der Waals surface area contributed by atoms with Crippen LogP contribution in [-0.4, -0.2) is 17.2 Å². The molecule has 0 aliphatic rings. The number of benzene rings is 2. The van der Waals surface area contributed by atoms with Crippen molar-refractivity contribution < 1.29 is 14.8 Å². The van der Waals surface area contributed by atoms with Crippen molar-refractivity contribution in [3.8, 4) is 5.75 Å². The summed E-state index contributed by atoms with van der Waals surface area (Å²) in [6.07, 6.45) is 0.901. The number of rotatable bonds is 6. The van der Waals surface area contributed by atoms with E-state index in [2.05, 4.69) is 13.8 Å². The molecule has 3 nitrogen and oxygen atoms in total. The van der Waals surface area contributed by atoms with Gasteiger partial charge in [-0.2, -0.15) is 0 Å². The molecular formula is C17H21BO3. The van der Waals surface area contributed by atoms with Crippen LogP contribution in [0.25, 0.3) is 0 Å². The Kier molecular flexibility index (Phi) is 5.42. The van der Waals surface area contributed by atoms with Crippen molar-refractivity contribution in [2.24, 2.45) is 5.92 Å². The van der Waals surface area contributed by atoms with Gasteiger partial charge in [0, 0.05) is 5.46 Å². The second-order valence-electron chi connectivity index (χ2n) is 5.62.